The summed E-state index contributed by atoms with van der Waals surface area (Å²) < 4.78 is 4.96. The summed E-state index contributed by atoms with van der Waals surface area (Å²) in [6, 6.07) is 4.08. The number of aromatic nitrogens is 1. The summed E-state index contributed by atoms with van der Waals surface area (Å²) in [6.45, 7) is 2.70. The normalized spacial score (nSPS) is 12.8. The summed E-state index contributed by atoms with van der Waals surface area (Å²) in [6.07, 6.45) is 1.83. The van der Waals surface area contributed by atoms with Gasteiger partial charge < -0.3 is 10.5 Å². The highest BCUT2D eigenvalue weighted by Crippen LogP contribution is 2.16. The van der Waals surface area contributed by atoms with Crippen molar-refractivity contribution >= 4 is 11.8 Å². The van der Waals surface area contributed by atoms with E-state index in [1.807, 2.05) is 25.3 Å². The van der Waals surface area contributed by atoms with Crippen molar-refractivity contribution in [2.24, 2.45) is 5.73 Å². The molecular formula is C10H16N2OS. The molecule has 1 atom stereocenters. The number of hydrogen-bond acceptors (Lipinski definition) is 4. The average Bonchev–Trinajstić information content (AvgIpc) is 2.19. The largest absolute Gasteiger partial charge is 0.384 e. The van der Waals surface area contributed by atoms with Gasteiger partial charge in [0, 0.05) is 25.1 Å². The number of methoxy groups -OCH3 is 1. The molecule has 3 nitrogen and oxygen atoms in total. The van der Waals surface area contributed by atoms with Crippen molar-refractivity contribution in [2.75, 3.05) is 19.5 Å². The summed E-state index contributed by atoms with van der Waals surface area (Å²) >= 11 is 1.69. The second-order valence-corrected chi connectivity index (χ2v) is 4.17. The number of pyridine rings is 1. The van der Waals surface area contributed by atoms with Crippen LogP contribution < -0.4 is 5.73 Å². The average molecular weight is 212 g/mol. The molecule has 0 aliphatic heterocycles. The second-order valence-electron chi connectivity index (χ2n) is 3.06. The quantitative estimate of drug-likeness (QED) is 0.597. The number of nitrogens with zero attached hydrogens (tertiary/aromatic N) is 1. The van der Waals surface area contributed by atoms with Crippen molar-refractivity contribution < 1.29 is 4.74 Å². The lowest BCUT2D eigenvalue weighted by molar-refractivity contribution is 0.218. The molecule has 78 valence electrons. The molecule has 0 bridgehead atoms. The van der Waals surface area contributed by atoms with E-state index in [9.17, 15) is 0 Å². The number of ether oxygens (including phenoxy) is 1. The lowest BCUT2D eigenvalue weighted by atomic mass is 10.2. The number of rotatable bonds is 5. The van der Waals surface area contributed by atoms with Gasteiger partial charge in [0.15, 0.2) is 0 Å². The number of nitrogens with two attached hydrogens (primary N) is 1. The Balaban J connectivity index is 2.47. The van der Waals surface area contributed by atoms with Crippen molar-refractivity contribution in [3.63, 3.8) is 0 Å². The van der Waals surface area contributed by atoms with E-state index >= 15 is 0 Å². The Morgan fingerprint density at radius 2 is 2.36 bits per heavy atom. The highest BCUT2D eigenvalue weighted by Gasteiger charge is 2.00. The Morgan fingerprint density at radius 1 is 1.57 bits per heavy atom. The lowest BCUT2D eigenvalue weighted by Crippen LogP contribution is -2.05. The molecule has 1 heterocycles. The van der Waals surface area contributed by atoms with Crippen LogP contribution in [0.2, 0.25) is 0 Å². The highest BCUT2D eigenvalue weighted by atomic mass is 32.2. The Bertz CT molecular complexity index is 261. The van der Waals surface area contributed by atoms with Gasteiger partial charge in [0.05, 0.1) is 11.6 Å². The van der Waals surface area contributed by atoms with Gasteiger partial charge in [0.1, 0.15) is 0 Å². The van der Waals surface area contributed by atoms with E-state index in [0.717, 1.165) is 22.9 Å². The SMILES string of the molecule is COCCSc1ccc([C@H](C)N)cn1. The molecule has 0 fully saturated rings. The molecule has 1 aromatic rings. The highest BCUT2D eigenvalue weighted by molar-refractivity contribution is 7.99. The minimum Gasteiger partial charge on any atom is -0.384 e. The van der Waals surface area contributed by atoms with Crippen molar-refractivity contribution in [3.05, 3.63) is 23.9 Å². The second kappa shape index (κ2) is 6.01. The van der Waals surface area contributed by atoms with Crippen LogP contribution in [0.3, 0.4) is 0 Å². The van der Waals surface area contributed by atoms with Crippen LogP contribution in [0.25, 0.3) is 0 Å². The van der Waals surface area contributed by atoms with Gasteiger partial charge in [-0.05, 0) is 18.6 Å². The molecule has 1 rings (SSSR count). The van der Waals surface area contributed by atoms with Gasteiger partial charge in [-0.3, -0.25) is 0 Å². The van der Waals surface area contributed by atoms with Crippen molar-refractivity contribution in [1.82, 2.24) is 4.98 Å². The smallest absolute Gasteiger partial charge is 0.0960 e. The van der Waals surface area contributed by atoms with Crippen LogP contribution in [-0.4, -0.2) is 24.5 Å². The van der Waals surface area contributed by atoms with Gasteiger partial charge in [-0.1, -0.05) is 6.07 Å². The zero-order chi connectivity index (χ0) is 10.4. The Morgan fingerprint density at radius 3 is 2.86 bits per heavy atom. The van der Waals surface area contributed by atoms with Crippen LogP contribution >= 0.6 is 11.8 Å². The van der Waals surface area contributed by atoms with E-state index in [2.05, 4.69) is 4.98 Å². The zero-order valence-electron chi connectivity index (χ0n) is 8.56. The van der Waals surface area contributed by atoms with Crippen LogP contribution in [0.1, 0.15) is 18.5 Å². The molecule has 0 saturated carbocycles. The van der Waals surface area contributed by atoms with Gasteiger partial charge >= 0.3 is 0 Å². The zero-order valence-corrected chi connectivity index (χ0v) is 9.38. The standard InChI is InChI=1S/C10H16N2OS/c1-8(11)9-3-4-10(12-7-9)14-6-5-13-2/h3-4,7-8H,5-6,11H2,1-2H3/t8-/m0/s1. The molecule has 0 saturated heterocycles. The first-order valence-electron chi connectivity index (χ1n) is 4.57. The third-order valence-electron chi connectivity index (χ3n) is 1.82. The monoisotopic (exact) mass is 212 g/mol. The third kappa shape index (κ3) is 3.65. The van der Waals surface area contributed by atoms with E-state index in [-0.39, 0.29) is 6.04 Å². The summed E-state index contributed by atoms with van der Waals surface area (Å²) in [7, 11) is 1.70. The Kier molecular flexibility index (Phi) is 4.93. The Hall–Kier alpha value is -0.580. The van der Waals surface area contributed by atoms with Gasteiger partial charge in [0.2, 0.25) is 0 Å². The van der Waals surface area contributed by atoms with Crippen molar-refractivity contribution in [2.45, 2.75) is 18.0 Å². The summed E-state index contributed by atoms with van der Waals surface area (Å²) in [4.78, 5) is 4.30. The fourth-order valence-electron chi connectivity index (χ4n) is 0.976. The molecule has 14 heavy (non-hydrogen) atoms. The van der Waals surface area contributed by atoms with E-state index < -0.39 is 0 Å². The van der Waals surface area contributed by atoms with E-state index in [0.29, 0.717) is 0 Å². The van der Waals surface area contributed by atoms with Crippen LogP contribution in [0.4, 0.5) is 0 Å². The Labute approximate surface area is 89.1 Å². The van der Waals surface area contributed by atoms with Gasteiger partial charge in [-0.2, -0.15) is 0 Å². The summed E-state index contributed by atoms with van der Waals surface area (Å²) in [5.41, 5.74) is 6.79. The fraction of sp³-hybridized carbons (Fsp3) is 0.500. The predicted octanol–water partition coefficient (Wildman–Crippen LogP) is 1.84. The van der Waals surface area contributed by atoms with Gasteiger partial charge in [-0.15, -0.1) is 11.8 Å². The minimum absolute atomic E-state index is 0.0560. The molecule has 0 spiro atoms. The van der Waals surface area contributed by atoms with Crippen LogP contribution in [0, 0.1) is 0 Å². The molecule has 0 amide bonds. The van der Waals surface area contributed by atoms with Crippen LogP contribution in [-0.2, 0) is 4.74 Å². The van der Waals surface area contributed by atoms with E-state index in [1.54, 1.807) is 18.9 Å². The molecule has 2 N–H and O–H groups in total. The molecule has 4 heteroatoms. The molecule has 0 radical (unpaired) electrons. The molecular weight excluding hydrogens is 196 g/mol. The van der Waals surface area contributed by atoms with Crippen LogP contribution in [0.15, 0.2) is 23.4 Å². The maximum Gasteiger partial charge on any atom is 0.0960 e. The number of hydrogen-bond donors (Lipinski definition) is 1. The first-order chi connectivity index (χ1) is 6.74. The topological polar surface area (TPSA) is 48.1 Å². The molecule has 0 aromatic carbocycles. The maximum atomic E-state index is 5.72. The fourth-order valence-corrected chi connectivity index (χ4v) is 1.73. The van der Waals surface area contributed by atoms with Crippen molar-refractivity contribution in [1.29, 1.82) is 0 Å². The van der Waals surface area contributed by atoms with Gasteiger partial charge in [0.25, 0.3) is 0 Å². The third-order valence-corrected chi connectivity index (χ3v) is 2.73. The summed E-state index contributed by atoms with van der Waals surface area (Å²) in [5, 5.41) is 1.02. The lowest BCUT2D eigenvalue weighted by Gasteiger charge is -2.05. The minimum atomic E-state index is 0.0560. The van der Waals surface area contributed by atoms with E-state index in [1.165, 1.54) is 0 Å². The van der Waals surface area contributed by atoms with Crippen molar-refractivity contribution in [3.8, 4) is 0 Å². The van der Waals surface area contributed by atoms with E-state index in [4.69, 9.17) is 10.5 Å². The predicted molar refractivity (Wildman–Crippen MR) is 59.4 cm³/mol. The first kappa shape index (κ1) is 11.5. The molecule has 1 aromatic heterocycles. The first-order valence-corrected chi connectivity index (χ1v) is 5.56. The van der Waals surface area contributed by atoms with Gasteiger partial charge in [-0.25, -0.2) is 4.98 Å². The van der Waals surface area contributed by atoms with Crippen LogP contribution in [0.5, 0.6) is 0 Å². The summed E-state index contributed by atoms with van der Waals surface area (Å²) in [5.74, 6) is 0.932. The number of thioether (sulfide) groups is 1. The molecule has 0 aliphatic carbocycles. The molecule has 0 aliphatic rings. The molecule has 0 unspecified atom stereocenters. The maximum absolute atomic E-state index is 5.72.